The van der Waals surface area contributed by atoms with Crippen LogP contribution in [0.5, 0.6) is 5.88 Å². The minimum absolute atomic E-state index is 0.00435. The Morgan fingerprint density at radius 3 is 2.89 bits per heavy atom. The van der Waals surface area contributed by atoms with Gasteiger partial charge in [-0.25, -0.2) is 0 Å². The minimum atomic E-state index is -0.575. The van der Waals surface area contributed by atoms with Crippen molar-refractivity contribution in [2.45, 2.75) is 6.92 Å². The fourth-order valence-corrected chi connectivity index (χ4v) is 1.08. The van der Waals surface area contributed by atoms with E-state index in [-0.39, 0.29) is 29.7 Å². The van der Waals surface area contributed by atoms with Crippen LogP contribution in [0.25, 0.3) is 0 Å². The van der Waals surface area contributed by atoms with E-state index in [4.69, 9.17) is 4.74 Å². The maximum atomic E-state index is 10.7. The van der Waals surface area contributed by atoms with Crippen molar-refractivity contribution >= 4 is 11.6 Å². The van der Waals surface area contributed by atoms with Crippen molar-refractivity contribution < 1.29 is 14.5 Å². The van der Waals surface area contributed by atoms with Gasteiger partial charge in [0.15, 0.2) is 5.69 Å². The third-order valence-corrected chi connectivity index (χ3v) is 1.89. The highest BCUT2D eigenvalue weighted by atomic mass is 16.6. The van der Waals surface area contributed by atoms with E-state index in [9.17, 15) is 14.9 Å². The molecule has 1 aromatic heterocycles. The molecule has 7 heteroatoms. The smallest absolute Gasteiger partial charge is 0.303 e. The number of rotatable bonds is 3. The second-order valence-corrected chi connectivity index (χ2v) is 3.19. The SMILES string of the molecule is COc1ccc([N+](=O)[O-])c(C#CCNC(C)=O)n1. The molecule has 0 fully saturated rings. The van der Waals surface area contributed by atoms with Gasteiger partial charge in [0, 0.05) is 19.1 Å². The highest BCUT2D eigenvalue weighted by Gasteiger charge is 2.14. The molecule has 0 radical (unpaired) electrons. The molecule has 0 unspecified atom stereocenters. The first-order chi connectivity index (χ1) is 8.54. The Bertz CT molecular complexity index is 531. The third-order valence-electron chi connectivity index (χ3n) is 1.89. The summed E-state index contributed by atoms with van der Waals surface area (Å²) in [6, 6.07) is 2.66. The second-order valence-electron chi connectivity index (χ2n) is 3.19. The molecule has 1 N–H and O–H groups in total. The predicted octanol–water partition coefficient (Wildman–Crippen LogP) is 0.486. The number of nitro groups is 1. The molecule has 0 saturated heterocycles. The Labute approximate surface area is 103 Å². The highest BCUT2D eigenvalue weighted by molar-refractivity contribution is 5.73. The van der Waals surface area contributed by atoms with Crippen LogP contribution in [-0.2, 0) is 4.79 Å². The normalized spacial score (nSPS) is 9.00. The monoisotopic (exact) mass is 249 g/mol. The van der Waals surface area contributed by atoms with Gasteiger partial charge in [-0.3, -0.25) is 14.9 Å². The molecule has 0 saturated carbocycles. The van der Waals surface area contributed by atoms with Crippen molar-refractivity contribution in [3.8, 4) is 17.7 Å². The van der Waals surface area contributed by atoms with E-state index in [1.807, 2.05) is 0 Å². The van der Waals surface area contributed by atoms with E-state index in [0.717, 1.165) is 0 Å². The van der Waals surface area contributed by atoms with Gasteiger partial charge in [0.05, 0.1) is 18.6 Å². The fraction of sp³-hybridized carbons (Fsp3) is 0.273. The van der Waals surface area contributed by atoms with E-state index >= 15 is 0 Å². The summed E-state index contributed by atoms with van der Waals surface area (Å²) in [5.74, 6) is 5.12. The summed E-state index contributed by atoms with van der Waals surface area (Å²) in [5.41, 5.74) is -0.198. The van der Waals surface area contributed by atoms with Crippen molar-refractivity contribution in [3.05, 3.63) is 27.9 Å². The fourth-order valence-electron chi connectivity index (χ4n) is 1.08. The quantitative estimate of drug-likeness (QED) is 0.478. The van der Waals surface area contributed by atoms with Gasteiger partial charge < -0.3 is 10.1 Å². The van der Waals surface area contributed by atoms with Crippen LogP contribution in [-0.4, -0.2) is 29.5 Å². The van der Waals surface area contributed by atoms with Crippen molar-refractivity contribution in [1.29, 1.82) is 0 Å². The second kappa shape index (κ2) is 6.20. The number of amides is 1. The Balaban J connectivity index is 2.97. The highest BCUT2D eigenvalue weighted by Crippen LogP contribution is 2.18. The lowest BCUT2D eigenvalue weighted by Gasteiger charge is -1.99. The van der Waals surface area contributed by atoms with Crippen LogP contribution in [0.3, 0.4) is 0 Å². The minimum Gasteiger partial charge on any atom is -0.481 e. The summed E-state index contributed by atoms with van der Waals surface area (Å²) in [4.78, 5) is 24.7. The molecule has 7 nitrogen and oxygen atoms in total. The van der Waals surface area contributed by atoms with Crippen molar-refractivity contribution in [2.75, 3.05) is 13.7 Å². The van der Waals surface area contributed by atoms with Gasteiger partial charge in [-0.05, 0) is 5.92 Å². The largest absolute Gasteiger partial charge is 0.481 e. The lowest BCUT2D eigenvalue weighted by Crippen LogP contribution is -2.19. The lowest BCUT2D eigenvalue weighted by molar-refractivity contribution is -0.385. The molecule has 0 spiro atoms. The molecule has 0 aromatic carbocycles. The van der Waals surface area contributed by atoms with Gasteiger partial charge >= 0.3 is 5.69 Å². The number of nitrogens with one attached hydrogen (secondary N) is 1. The summed E-state index contributed by atoms with van der Waals surface area (Å²) < 4.78 is 4.86. The summed E-state index contributed by atoms with van der Waals surface area (Å²) in [7, 11) is 1.41. The van der Waals surface area contributed by atoms with Crippen LogP contribution in [0.4, 0.5) is 5.69 Å². The zero-order chi connectivity index (χ0) is 13.5. The third kappa shape index (κ3) is 3.75. The van der Waals surface area contributed by atoms with Crippen LogP contribution < -0.4 is 10.1 Å². The van der Waals surface area contributed by atoms with Crippen LogP contribution in [0.15, 0.2) is 12.1 Å². The molecule has 0 aliphatic heterocycles. The molecule has 0 atom stereocenters. The zero-order valence-electron chi connectivity index (χ0n) is 9.89. The maximum absolute atomic E-state index is 10.7. The van der Waals surface area contributed by atoms with Crippen molar-refractivity contribution in [3.63, 3.8) is 0 Å². The van der Waals surface area contributed by atoms with Crippen molar-refractivity contribution in [1.82, 2.24) is 10.3 Å². The average molecular weight is 249 g/mol. The lowest BCUT2D eigenvalue weighted by atomic mass is 10.3. The average Bonchev–Trinajstić information content (AvgIpc) is 2.33. The van der Waals surface area contributed by atoms with Crippen LogP contribution in [0.1, 0.15) is 12.6 Å². The number of methoxy groups -OCH3 is 1. The number of aromatic nitrogens is 1. The number of ether oxygens (including phenoxy) is 1. The molecule has 0 aliphatic rings. The maximum Gasteiger partial charge on any atom is 0.303 e. The first kappa shape index (κ1) is 13.4. The first-order valence-corrected chi connectivity index (χ1v) is 4.97. The van der Waals surface area contributed by atoms with E-state index in [1.165, 1.54) is 26.2 Å². The molecule has 18 heavy (non-hydrogen) atoms. The predicted molar refractivity (Wildman–Crippen MR) is 63.0 cm³/mol. The summed E-state index contributed by atoms with van der Waals surface area (Å²) in [6.45, 7) is 1.46. The summed E-state index contributed by atoms with van der Waals surface area (Å²) in [5, 5.41) is 13.2. The molecule has 0 aliphatic carbocycles. The van der Waals surface area contributed by atoms with Crippen LogP contribution >= 0.6 is 0 Å². The van der Waals surface area contributed by atoms with E-state index in [0.29, 0.717) is 0 Å². The number of pyridine rings is 1. The molecule has 1 heterocycles. The molecule has 94 valence electrons. The first-order valence-electron chi connectivity index (χ1n) is 4.97. The molecule has 1 rings (SSSR count). The standard InChI is InChI=1S/C11H11N3O4/c1-8(15)12-7-3-4-9-10(14(16)17)5-6-11(13-9)18-2/h5-6H,7H2,1-2H3,(H,12,15). The molecule has 1 aromatic rings. The summed E-state index contributed by atoms with van der Waals surface area (Å²) in [6.07, 6.45) is 0. The van der Waals surface area contributed by atoms with Gasteiger partial charge in [0.2, 0.25) is 11.8 Å². The topological polar surface area (TPSA) is 94.4 Å². The Kier molecular flexibility index (Phi) is 4.63. The van der Waals surface area contributed by atoms with Gasteiger partial charge in [-0.1, -0.05) is 5.92 Å². The number of hydrogen-bond donors (Lipinski definition) is 1. The van der Waals surface area contributed by atoms with Gasteiger partial charge in [0.1, 0.15) is 0 Å². The van der Waals surface area contributed by atoms with E-state index < -0.39 is 4.92 Å². The van der Waals surface area contributed by atoms with Crippen LogP contribution in [0.2, 0.25) is 0 Å². The van der Waals surface area contributed by atoms with Crippen molar-refractivity contribution in [2.24, 2.45) is 0 Å². The molecular formula is C11H11N3O4. The van der Waals surface area contributed by atoms with Crippen LogP contribution in [0, 0.1) is 22.0 Å². The van der Waals surface area contributed by atoms with E-state index in [2.05, 4.69) is 22.1 Å². The Morgan fingerprint density at radius 2 is 2.33 bits per heavy atom. The van der Waals surface area contributed by atoms with Gasteiger partial charge in [-0.2, -0.15) is 4.98 Å². The number of carbonyl (C=O) groups is 1. The molecule has 0 bridgehead atoms. The Hall–Kier alpha value is -2.62. The number of nitrogens with zero attached hydrogens (tertiary/aromatic N) is 2. The Morgan fingerprint density at radius 1 is 1.61 bits per heavy atom. The number of hydrogen-bond acceptors (Lipinski definition) is 5. The molecule has 1 amide bonds. The van der Waals surface area contributed by atoms with Gasteiger partial charge in [-0.15, -0.1) is 0 Å². The zero-order valence-corrected chi connectivity index (χ0v) is 9.89. The van der Waals surface area contributed by atoms with E-state index in [1.54, 1.807) is 0 Å². The molecular weight excluding hydrogens is 238 g/mol. The van der Waals surface area contributed by atoms with Gasteiger partial charge in [0.25, 0.3) is 0 Å². The number of carbonyl (C=O) groups excluding carboxylic acids is 1. The summed E-state index contributed by atoms with van der Waals surface area (Å²) >= 11 is 0.